The zero-order valence-electron chi connectivity index (χ0n) is 8.94. The van der Waals surface area contributed by atoms with Crippen molar-refractivity contribution in [3.8, 4) is 0 Å². The fraction of sp³-hybridized carbons (Fsp3) is 0.417. The Labute approximate surface area is 99.0 Å². The second-order valence-corrected chi connectivity index (χ2v) is 4.52. The van der Waals surface area contributed by atoms with E-state index in [0.717, 1.165) is 5.56 Å². The highest BCUT2D eigenvalue weighted by atomic mass is 35.5. The van der Waals surface area contributed by atoms with E-state index in [4.69, 9.17) is 16.3 Å². The third kappa shape index (κ3) is 1.70. The maximum Gasteiger partial charge on any atom is 0.309 e. The van der Waals surface area contributed by atoms with Crippen molar-refractivity contribution in [2.75, 3.05) is 6.61 Å². The van der Waals surface area contributed by atoms with Crippen LogP contribution in [-0.2, 0) is 15.1 Å². The lowest BCUT2D eigenvalue weighted by atomic mass is 9.83. The van der Waals surface area contributed by atoms with Crippen molar-refractivity contribution in [3.05, 3.63) is 34.9 Å². The van der Waals surface area contributed by atoms with Gasteiger partial charge in [-0.25, -0.2) is 0 Å². The van der Waals surface area contributed by atoms with E-state index in [-0.39, 0.29) is 0 Å². The predicted molar refractivity (Wildman–Crippen MR) is 60.5 cm³/mol. The lowest BCUT2D eigenvalue weighted by Gasteiger charge is -2.29. The number of carboxylic acid groups (broad SMARTS) is 1. The Morgan fingerprint density at radius 2 is 2.25 bits per heavy atom. The molecule has 0 radical (unpaired) electrons. The summed E-state index contributed by atoms with van der Waals surface area (Å²) in [7, 11) is 0. The molecular weight excluding hydrogens is 228 g/mol. The van der Waals surface area contributed by atoms with E-state index in [1.165, 1.54) is 0 Å². The fourth-order valence-corrected chi connectivity index (χ4v) is 2.58. The van der Waals surface area contributed by atoms with Crippen LogP contribution in [0.2, 0.25) is 5.02 Å². The molecule has 0 bridgehead atoms. The van der Waals surface area contributed by atoms with Gasteiger partial charge in [-0.1, -0.05) is 29.8 Å². The highest BCUT2D eigenvalue weighted by molar-refractivity contribution is 6.31. The van der Waals surface area contributed by atoms with E-state index in [1.54, 1.807) is 13.0 Å². The fourth-order valence-electron chi connectivity index (χ4n) is 2.25. The van der Waals surface area contributed by atoms with Gasteiger partial charge < -0.3 is 9.84 Å². The van der Waals surface area contributed by atoms with Crippen molar-refractivity contribution >= 4 is 17.6 Å². The van der Waals surface area contributed by atoms with Gasteiger partial charge in [-0.15, -0.1) is 0 Å². The van der Waals surface area contributed by atoms with Crippen molar-refractivity contribution in [2.24, 2.45) is 5.92 Å². The summed E-state index contributed by atoms with van der Waals surface area (Å²) in [6, 6.07) is 7.24. The van der Waals surface area contributed by atoms with Gasteiger partial charge in [0, 0.05) is 17.2 Å². The van der Waals surface area contributed by atoms with E-state index in [1.807, 2.05) is 18.2 Å². The molecule has 1 fully saturated rings. The van der Waals surface area contributed by atoms with Crippen LogP contribution in [-0.4, -0.2) is 17.7 Å². The number of aliphatic carboxylic acids is 1. The molecule has 0 aliphatic carbocycles. The molecule has 0 amide bonds. The maximum absolute atomic E-state index is 11.2. The van der Waals surface area contributed by atoms with Gasteiger partial charge >= 0.3 is 5.97 Å². The predicted octanol–water partition coefficient (Wildman–Crippen LogP) is 2.68. The van der Waals surface area contributed by atoms with Crippen LogP contribution in [0.15, 0.2) is 24.3 Å². The second kappa shape index (κ2) is 4.07. The average Bonchev–Trinajstić information content (AvgIpc) is 2.62. The van der Waals surface area contributed by atoms with E-state index in [9.17, 15) is 9.90 Å². The summed E-state index contributed by atoms with van der Waals surface area (Å²) >= 11 is 6.09. The van der Waals surface area contributed by atoms with Crippen LogP contribution >= 0.6 is 11.6 Å². The second-order valence-electron chi connectivity index (χ2n) is 4.11. The van der Waals surface area contributed by atoms with Crippen LogP contribution in [0.1, 0.15) is 18.9 Å². The zero-order valence-corrected chi connectivity index (χ0v) is 9.70. The quantitative estimate of drug-likeness (QED) is 0.865. The molecule has 0 saturated carbocycles. The van der Waals surface area contributed by atoms with Gasteiger partial charge in [0.15, 0.2) is 0 Å². The molecule has 0 spiro atoms. The molecule has 1 heterocycles. The van der Waals surface area contributed by atoms with Crippen molar-refractivity contribution < 1.29 is 14.6 Å². The van der Waals surface area contributed by atoms with E-state index in [0.29, 0.717) is 18.1 Å². The van der Waals surface area contributed by atoms with Gasteiger partial charge in [-0.3, -0.25) is 4.79 Å². The highest BCUT2D eigenvalue weighted by Crippen LogP contribution is 2.43. The Hall–Kier alpha value is -1.06. The molecular formula is C12H13ClO3. The average molecular weight is 241 g/mol. The standard InChI is InChI=1S/C12H13ClO3/c1-12(8-4-2-3-5-10(8)13)9(11(14)15)6-7-16-12/h2-5,9H,6-7H2,1H3,(H,14,15). The molecule has 2 rings (SSSR count). The van der Waals surface area contributed by atoms with Gasteiger partial charge in [-0.05, 0) is 19.4 Å². The monoisotopic (exact) mass is 240 g/mol. The molecule has 4 heteroatoms. The van der Waals surface area contributed by atoms with Crippen LogP contribution in [0.25, 0.3) is 0 Å². The minimum atomic E-state index is -0.833. The number of carbonyl (C=O) groups is 1. The van der Waals surface area contributed by atoms with Crippen LogP contribution in [0.5, 0.6) is 0 Å². The van der Waals surface area contributed by atoms with Crippen molar-refractivity contribution in [1.82, 2.24) is 0 Å². The van der Waals surface area contributed by atoms with Crippen LogP contribution in [0.4, 0.5) is 0 Å². The summed E-state index contributed by atoms with van der Waals surface area (Å²) in [4.78, 5) is 11.2. The molecule has 1 aromatic carbocycles. The van der Waals surface area contributed by atoms with Crippen LogP contribution in [0, 0.1) is 5.92 Å². The molecule has 3 nitrogen and oxygen atoms in total. The smallest absolute Gasteiger partial charge is 0.309 e. The van der Waals surface area contributed by atoms with E-state index < -0.39 is 17.5 Å². The van der Waals surface area contributed by atoms with Crippen molar-refractivity contribution in [3.63, 3.8) is 0 Å². The largest absolute Gasteiger partial charge is 0.481 e. The Balaban J connectivity index is 2.45. The van der Waals surface area contributed by atoms with Gasteiger partial charge in [0.1, 0.15) is 5.60 Å². The SMILES string of the molecule is CC1(c2ccccc2Cl)OCCC1C(=O)O. The Kier molecular flexibility index (Phi) is 2.91. The number of hydrogen-bond donors (Lipinski definition) is 1. The van der Waals surface area contributed by atoms with Crippen molar-refractivity contribution in [1.29, 1.82) is 0 Å². The first-order chi connectivity index (χ1) is 7.55. The molecule has 2 atom stereocenters. The Morgan fingerprint density at radius 3 is 2.88 bits per heavy atom. The minimum absolute atomic E-state index is 0.457. The summed E-state index contributed by atoms with van der Waals surface area (Å²) < 4.78 is 5.62. The zero-order chi connectivity index (χ0) is 11.8. The van der Waals surface area contributed by atoms with Crippen LogP contribution in [0.3, 0.4) is 0 Å². The number of hydrogen-bond acceptors (Lipinski definition) is 2. The summed E-state index contributed by atoms with van der Waals surface area (Å²) in [6.45, 7) is 2.25. The number of benzene rings is 1. The number of halogens is 1. The molecule has 2 unspecified atom stereocenters. The molecule has 1 N–H and O–H groups in total. The lowest BCUT2D eigenvalue weighted by Crippen LogP contribution is -2.34. The first-order valence-corrected chi connectivity index (χ1v) is 5.55. The third-order valence-electron chi connectivity index (χ3n) is 3.18. The van der Waals surface area contributed by atoms with Gasteiger partial charge in [0.05, 0.1) is 5.92 Å². The normalized spacial score (nSPS) is 29.2. The first kappa shape index (κ1) is 11.4. The molecule has 1 aliphatic rings. The molecule has 1 saturated heterocycles. The lowest BCUT2D eigenvalue weighted by molar-refractivity contribution is -0.148. The Morgan fingerprint density at radius 1 is 1.56 bits per heavy atom. The summed E-state index contributed by atoms with van der Waals surface area (Å²) in [6.07, 6.45) is 0.525. The summed E-state index contributed by atoms with van der Waals surface area (Å²) in [5, 5.41) is 9.73. The Bertz CT molecular complexity index is 418. The molecule has 0 aromatic heterocycles. The molecule has 1 aromatic rings. The number of ether oxygens (including phenoxy) is 1. The number of carboxylic acids is 1. The van der Waals surface area contributed by atoms with E-state index >= 15 is 0 Å². The topological polar surface area (TPSA) is 46.5 Å². The molecule has 16 heavy (non-hydrogen) atoms. The van der Waals surface area contributed by atoms with Crippen LogP contribution < -0.4 is 0 Å². The number of rotatable bonds is 2. The molecule has 86 valence electrons. The van der Waals surface area contributed by atoms with Gasteiger partial charge in [-0.2, -0.15) is 0 Å². The van der Waals surface area contributed by atoms with Crippen molar-refractivity contribution in [2.45, 2.75) is 18.9 Å². The maximum atomic E-state index is 11.2. The first-order valence-electron chi connectivity index (χ1n) is 5.17. The molecule has 1 aliphatic heterocycles. The van der Waals surface area contributed by atoms with Gasteiger partial charge in [0.2, 0.25) is 0 Å². The highest BCUT2D eigenvalue weighted by Gasteiger charge is 2.46. The minimum Gasteiger partial charge on any atom is -0.481 e. The summed E-state index contributed by atoms with van der Waals surface area (Å²) in [5.41, 5.74) is -0.0639. The van der Waals surface area contributed by atoms with Gasteiger partial charge in [0.25, 0.3) is 0 Å². The third-order valence-corrected chi connectivity index (χ3v) is 3.51. The summed E-state index contributed by atoms with van der Waals surface area (Å²) in [5.74, 6) is -1.37. The van der Waals surface area contributed by atoms with E-state index in [2.05, 4.69) is 0 Å².